The van der Waals surface area contributed by atoms with E-state index in [1.807, 2.05) is 12.1 Å². The Morgan fingerprint density at radius 3 is 2.91 bits per heavy atom. The molecule has 0 amide bonds. The standard InChI is InChI=1S/C17H19N5O/c1-12(19-16-3-2-4-17-15(16)9-10-23-17)13-5-7-14(8-6-13)22-11-18-20-21-22/h5-12,16,19H,2-4H2,1H3. The molecule has 0 spiro atoms. The van der Waals surface area contributed by atoms with Crippen LogP contribution in [0.15, 0.2) is 47.3 Å². The number of fused-ring (bicyclic) bond motifs is 1. The lowest BCUT2D eigenvalue weighted by atomic mass is 9.92. The fraction of sp³-hybridized carbons (Fsp3) is 0.353. The first-order valence-corrected chi connectivity index (χ1v) is 7.97. The van der Waals surface area contributed by atoms with Gasteiger partial charge in [-0.3, -0.25) is 0 Å². The first-order chi connectivity index (χ1) is 11.3. The van der Waals surface area contributed by atoms with Gasteiger partial charge in [0.25, 0.3) is 0 Å². The predicted molar refractivity (Wildman–Crippen MR) is 85.1 cm³/mol. The van der Waals surface area contributed by atoms with Crippen molar-refractivity contribution in [1.29, 1.82) is 0 Å². The molecule has 118 valence electrons. The second kappa shape index (κ2) is 5.96. The normalized spacial score (nSPS) is 18.6. The van der Waals surface area contributed by atoms with E-state index in [0.717, 1.165) is 24.3 Å². The van der Waals surface area contributed by atoms with Crippen LogP contribution in [-0.2, 0) is 6.42 Å². The van der Waals surface area contributed by atoms with Crippen molar-refractivity contribution in [2.24, 2.45) is 0 Å². The Labute approximate surface area is 134 Å². The Kier molecular flexibility index (Phi) is 3.67. The average molecular weight is 309 g/mol. The zero-order valence-electron chi connectivity index (χ0n) is 13.0. The number of hydrogen-bond donors (Lipinski definition) is 1. The third-order valence-corrected chi connectivity index (χ3v) is 4.51. The van der Waals surface area contributed by atoms with Crippen LogP contribution in [0.5, 0.6) is 0 Å². The third-order valence-electron chi connectivity index (χ3n) is 4.51. The molecule has 6 heteroatoms. The number of aryl methyl sites for hydroxylation is 1. The van der Waals surface area contributed by atoms with E-state index in [-0.39, 0.29) is 6.04 Å². The molecule has 1 aromatic carbocycles. The van der Waals surface area contributed by atoms with Gasteiger partial charge in [0.1, 0.15) is 12.1 Å². The lowest BCUT2D eigenvalue weighted by Gasteiger charge is -2.26. The fourth-order valence-corrected chi connectivity index (χ4v) is 3.25. The van der Waals surface area contributed by atoms with Gasteiger partial charge >= 0.3 is 0 Å². The minimum Gasteiger partial charge on any atom is -0.469 e. The fourth-order valence-electron chi connectivity index (χ4n) is 3.25. The number of tetrazole rings is 1. The van der Waals surface area contributed by atoms with E-state index >= 15 is 0 Å². The van der Waals surface area contributed by atoms with Crippen LogP contribution in [0.3, 0.4) is 0 Å². The number of furan rings is 1. The summed E-state index contributed by atoms with van der Waals surface area (Å²) in [5, 5.41) is 14.9. The summed E-state index contributed by atoms with van der Waals surface area (Å²) in [5.74, 6) is 1.13. The molecule has 0 fully saturated rings. The van der Waals surface area contributed by atoms with Crippen molar-refractivity contribution in [2.45, 2.75) is 38.3 Å². The molecule has 4 rings (SSSR count). The number of aromatic nitrogens is 4. The van der Waals surface area contributed by atoms with Crippen molar-refractivity contribution < 1.29 is 4.42 Å². The number of hydrogen-bond acceptors (Lipinski definition) is 5. The Balaban J connectivity index is 1.49. The molecular formula is C17H19N5O. The van der Waals surface area contributed by atoms with Gasteiger partial charge in [-0.15, -0.1) is 5.10 Å². The van der Waals surface area contributed by atoms with Crippen molar-refractivity contribution in [2.75, 3.05) is 0 Å². The van der Waals surface area contributed by atoms with Crippen LogP contribution >= 0.6 is 0 Å². The summed E-state index contributed by atoms with van der Waals surface area (Å²) < 4.78 is 7.22. The van der Waals surface area contributed by atoms with Crippen molar-refractivity contribution in [3.8, 4) is 5.69 Å². The van der Waals surface area contributed by atoms with Crippen LogP contribution in [0.2, 0.25) is 0 Å². The minimum atomic E-state index is 0.267. The second-order valence-corrected chi connectivity index (χ2v) is 5.98. The molecule has 2 atom stereocenters. The molecule has 6 nitrogen and oxygen atoms in total. The van der Waals surface area contributed by atoms with Gasteiger partial charge in [0.05, 0.1) is 12.0 Å². The molecule has 23 heavy (non-hydrogen) atoms. The Morgan fingerprint density at radius 2 is 2.13 bits per heavy atom. The zero-order valence-corrected chi connectivity index (χ0v) is 13.0. The van der Waals surface area contributed by atoms with E-state index in [1.165, 1.54) is 17.5 Å². The van der Waals surface area contributed by atoms with E-state index in [1.54, 1.807) is 17.3 Å². The van der Waals surface area contributed by atoms with Gasteiger partial charge in [-0.2, -0.15) is 0 Å². The summed E-state index contributed by atoms with van der Waals surface area (Å²) in [4.78, 5) is 0. The number of benzene rings is 1. The van der Waals surface area contributed by atoms with Crippen LogP contribution < -0.4 is 5.32 Å². The van der Waals surface area contributed by atoms with Crippen molar-refractivity contribution in [3.05, 3.63) is 59.8 Å². The number of nitrogens with zero attached hydrogens (tertiary/aromatic N) is 4. The SMILES string of the molecule is CC(NC1CCCc2occc21)c1ccc(-n2cnnn2)cc1. The third kappa shape index (κ3) is 2.77. The van der Waals surface area contributed by atoms with Crippen LogP contribution in [0.25, 0.3) is 5.69 Å². The summed E-state index contributed by atoms with van der Waals surface area (Å²) in [7, 11) is 0. The second-order valence-electron chi connectivity index (χ2n) is 5.98. The Morgan fingerprint density at radius 1 is 1.26 bits per heavy atom. The monoisotopic (exact) mass is 309 g/mol. The summed E-state index contributed by atoms with van der Waals surface area (Å²) in [6.07, 6.45) is 6.77. The largest absolute Gasteiger partial charge is 0.469 e. The Hall–Kier alpha value is -2.47. The van der Waals surface area contributed by atoms with Crippen LogP contribution in [-0.4, -0.2) is 20.2 Å². The van der Waals surface area contributed by atoms with Crippen LogP contribution in [0.4, 0.5) is 0 Å². The van der Waals surface area contributed by atoms with Gasteiger partial charge in [-0.25, -0.2) is 4.68 Å². The minimum absolute atomic E-state index is 0.267. The van der Waals surface area contributed by atoms with E-state index in [0.29, 0.717) is 6.04 Å². The molecule has 1 N–H and O–H groups in total. The molecule has 2 heterocycles. The van der Waals surface area contributed by atoms with Crippen molar-refractivity contribution in [3.63, 3.8) is 0 Å². The molecule has 0 saturated carbocycles. The van der Waals surface area contributed by atoms with Gasteiger partial charge < -0.3 is 9.73 Å². The number of rotatable bonds is 4. The highest BCUT2D eigenvalue weighted by molar-refractivity contribution is 5.34. The lowest BCUT2D eigenvalue weighted by Crippen LogP contribution is -2.27. The van der Waals surface area contributed by atoms with Crippen LogP contribution in [0, 0.1) is 0 Å². The smallest absolute Gasteiger partial charge is 0.143 e. The molecule has 0 aliphatic heterocycles. The molecule has 0 saturated heterocycles. The zero-order chi connectivity index (χ0) is 15.6. The highest BCUT2D eigenvalue weighted by atomic mass is 16.3. The predicted octanol–water partition coefficient (Wildman–Crippen LogP) is 2.98. The van der Waals surface area contributed by atoms with Gasteiger partial charge in [-0.05, 0) is 54.0 Å². The molecule has 2 unspecified atom stereocenters. The van der Waals surface area contributed by atoms with Gasteiger partial charge in [-0.1, -0.05) is 12.1 Å². The number of nitrogens with one attached hydrogen (secondary N) is 1. The molecule has 2 aromatic heterocycles. The van der Waals surface area contributed by atoms with Crippen LogP contribution in [0.1, 0.15) is 48.7 Å². The highest BCUT2D eigenvalue weighted by Gasteiger charge is 2.23. The van der Waals surface area contributed by atoms with E-state index in [4.69, 9.17) is 4.42 Å². The van der Waals surface area contributed by atoms with E-state index < -0.39 is 0 Å². The first-order valence-electron chi connectivity index (χ1n) is 7.97. The summed E-state index contributed by atoms with van der Waals surface area (Å²) >= 11 is 0. The average Bonchev–Trinajstić information content (AvgIpc) is 3.27. The van der Waals surface area contributed by atoms with Gasteiger partial charge in [0, 0.05) is 24.1 Å². The van der Waals surface area contributed by atoms with Crippen molar-refractivity contribution >= 4 is 0 Å². The molecule has 3 aromatic rings. The van der Waals surface area contributed by atoms with Crippen molar-refractivity contribution in [1.82, 2.24) is 25.5 Å². The topological polar surface area (TPSA) is 68.8 Å². The Bertz CT molecular complexity index is 763. The molecule has 1 aliphatic rings. The highest BCUT2D eigenvalue weighted by Crippen LogP contribution is 2.32. The van der Waals surface area contributed by atoms with Gasteiger partial charge in [0.2, 0.25) is 0 Å². The molecule has 0 radical (unpaired) electrons. The summed E-state index contributed by atoms with van der Waals surface area (Å²) in [6, 6.07) is 11.0. The summed E-state index contributed by atoms with van der Waals surface area (Å²) in [5.41, 5.74) is 3.52. The lowest BCUT2D eigenvalue weighted by molar-refractivity contribution is 0.385. The maximum Gasteiger partial charge on any atom is 0.143 e. The van der Waals surface area contributed by atoms with Gasteiger partial charge in [0.15, 0.2) is 0 Å². The first kappa shape index (κ1) is 14.1. The quantitative estimate of drug-likeness (QED) is 0.802. The maximum atomic E-state index is 5.57. The summed E-state index contributed by atoms with van der Waals surface area (Å²) in [6.45, 7) is 2.19. The molecule has 0 bridgehead atoms. The maximum absolute atomic E-state index is 5.57. The molecule has 1 aliphatic carbocycles. The van der Waals surface area contributed by atoms with E-state index in [2.05, 4.69) is 46.0 Å². The molecular weight excluding hydrogens is 290 g/mol. The van der Waals surface area contributed by atoms with E-state index in [9.17, 15) is 0 Å².